The summed E-state index contributed by atoms with van der Waals surface area (Å²) < 4.78 is 5.31. The van der Waals surface area contributed by atoms with E-state index in [1.165, 1.54) is 6.08 Å². The quantitative estimate of drug-likeness (QED) is 0.760. The molecule has 0 atom stereocenters. The van der Waals surface area contributed by atoms with E-state index in [4.69, 9.17) is 9.52 Å². The minimum atomic E-state index is -1.02. The van der Waals surface area contributed by atoms with Crippen LogP contribution in [0.4, 0.5) is 0 Å². The Morgan fingerprint density at radius 1 is 1.53 bits per heavy atom. The second-order valence-corrected chi connectivity index (χ2v) is 3.19. The van der Waals surface area contributed by atoms with E-state index in [0.717, 1.165) is 17.2 Å². The van der Waals surface area contributed by atoms with E-state index < -0.39 is 5.97 Å². The largest absolute Gasteiger partial charge is 0.478 e. The lowest BCUT2D eigenvalue weighted by Gasteiger charge is -1.87. The second kappa shape index (κ2) is 3.57. The standard InChI is InChI=1S/C11H9NO3/c1-7-2-3-9-8(6-7)12-10(15-9)4-5-11(13)14/h2-6H,1H3,(H,13,14). The van der Waals surface area contributed by atoms with Gasteiger partial charge in [-0.2, -0.15) is 0 Å². The van der Waals surface area contributed by atoms with Gasteiger partial charge in [0.25, 0.3) is 0 Å². The number of fused-ring (bicyclic) bond motifs is 1. The van der Waals surface area contributed by atoms with E-state index in [-0.39, 0.29) is 0 Å². The maximum Gasteiger partial charge on any atom is 0.328 e. The zero-order valence-electron chi connectivity index (χ0n) is 8.10. The van der Waals surface area contributed by atoms with Gasteiger partial charge in [0.1, 0.15) is 5.52 Å². The van der Waals surface area contributed by atoms with Crippen LogP contribution in [0.3, 0.4) is 0 Å². The summed E-state index contributed by atoms with van der Waals surface area (Å²) >= 11 is 0. The highest BCUT2D eigenvalue weighted by Crippen LogP contribution is 2.17. The molecule has 1 aromatic heterocycles. The van der Waals surface area contributed by atoms with Gasteiger partial charge in [-0.3, -0.25) is 0 Å². The predicted molar refractivity (Wildman–Crippen MR) is 55.4 cm³/mol. The molecule has 0 fully saturated rings. The minimum absolute atomic E-state index is 0.304. The first-order chi connectivity index (χ1) is 7.15. The maximum atomic E-state index is 10.3. The zero-order chi connectivity index (χ0) is 10.8. The molecule has 0 radical (unpaired) electrons. The smallest absolute Gasteiger partial charge is 0.328 e. The first-order valence-electron chi connectivity index (χ1n) is 4.43. The molecule has 0 saturated heterocycles. The number of rotatable bonds is 2. The summed E-state index contributed by atoms with van der Waals surface area (Å²) in [5.41, 5.74) is 2.48. The molecule has 0 aliphatic rings. The van der Waals surface area contributed by atoms with Crippen molar-refractivity contribution < 1.29 is 14.3 Å². The average Bonchev–Trinajstić information content (AvgIpc) is 2.56. The van der Waals surface area contributed by atoms with Crippen LogP contribution in [0, 0.1) is 6.92 Å². The maximum absolute atomic E-state index is 10.3. The molecule has 1 heterocycles. The molecule has 0 aliphatic carbocycles. The van der Waals surface area contributed by atoms with Crippen LogP contribution in [-0.4, -0.2) is 16.1 Å². The molecule has 0 unspecified atom stereocenters. The lowest BCUT2D eigenvalue weighted by molar-refractivity contribution is -0.131. The first kappa shape index (κ1) is 9.45. The van der Waals surface area contributed by atoms with Crippen LogP contribution in [0.2, 0.25) is 0 Å². The molecule has 0 spiro atoms. The Morgan fingerprint density at radius 2 is 2.33 bits per heavy atom. The van der Waals surface area contributed by atoms with Gasteiger partial charge < -0.3 is 9.52 Å². The van der Waals surface area contributed by atoms with Crippen molar-refractivity contribution in [1.29, 1.82) is 0 Å². The molecule has 76 valence electrons. The van der Waals surface area contributed by atoms with Gasteiger partial charge in [-0.15, -0.1) is 0 Å². The van der Waals surface area contributed by atoms with Gasteiger partial charge in [0.15, 0.2) is 5.58 Å². The number of benzene rings is 1. The summed E-state index contributed by atoms with van der Waals surface area (Å²) in [6.45, 7) is 1.96. The summed E-state index contributed by atoms with van der Waals surface area (Å²) in [5, 5.41) is 8.44. The van der Waals surface area contributed by atoms with Crippen molar-refractivity contribution in [2.24, 2.45) is 0 Å². The number of carbonyl (C=O) groups is 1. The molecule has 4 nitrogen and oxygen atoms in total. The molecule has 1 aromatic carbocycles. The number of aryl methyl sites for hydroxylation is 1. The lowest BCUT2D eigenvalue weighted by Crippen LogP contribution is -1.85. The fourth-order valence-corrected chi connectivity index (χ4v) is 1.27. The molecule has 4 heteroatoms. The number of hydrogen-bond acceptors (Lipinski definition) is 3. The topological polar surface area (TPSA) is 63.3 Å². The van der Waals surface area contributed by atoms with E-state index in [2.05, 4.69) is 4.98 Å². The molecule has 0 amide bonds. The van der Waals surface area contributed by atoms with Crippen molar-refractivity contribution in [1.82, 2.24) is 4.98 Å². The summed E-state index contributed by atoms with van der Waals surface area (Å²) in [7, 11) is 0. The molecule has 0 saturated carbocycles. The van der Waals surface area contributed by atoms with E-state index >= 15 is 0 Å². The summed E-state index contributed by atoms with van der Waals surface area (Å²) in [6, 6.07) is 5.62. The fraction of sp³-hybridized carbons (Fsp3) is 0.0909. The van der Waals surface area contributed by atoms with E-state index in [9.17, 15) is 4.79 Å². The number of carboxylic acids is 1. The lowest BCUT2D eigenvalue weighted by atomic mass is 10.2. The summed E-state index contributed by atoms with van der Waals surface area (Å²) in [4.78, 5) is 14.4. The SMILES string of the molecule is Cc1ccc2oc(C=CC(=O)O)nc2c1. The molecule has 0 bridgehead atoms. The number of nitrogens with zero attached hydrogens (tertiary/aromatic N) is 1. The van der Waals surface area contributed by atoms with Crippen LogP contribution < -0.4 is 0 Å². The van der Waals surface area contributed by atoms with Crippen LogP contribution in [0.1, 0.15) is 11.5 Å². The molecular weight excluding hydrogens is 194 g/mol. The zero-order valence-corrected chi connectivity index (χ0v) is 8.10. The number of aromatic nitrogens is 1. The van der Waals surface area contributed by atoms with Gasteiger partial charge in [0.05, 0.1) is 0 Å². The van der Waals surface area contributed by atoms with Crippen LogP contribution >= 0.6 is 0 Å². The van der Waals surface area contributed by atoms with Crippen LogP contribution in [0.25, 0.3) is 17.2 Å². The Balaban J connectivity index is 2.43. The average molecular weight is 203 g/mol. The van der Waals surface area contributed by atoms with Crippen molar-refractivity contribution in [2.75, 3.05) is 0 Å². The highest BCUT2D eigenvalue weighted by Gasteiger charge is 2.02. The van der Waals surface area contributed by atoms with Gasteiger partial charge in [0.2, 0.25) is 5.89 Å². The first-order valence-corrected chi connectivity index (χ1v) is 4.43. The van der Waals surface area contributed by atoms with Gasteiger partial charge in [-0.1, -0.05) is 6.07 Å². The van der Waals surface area contributed by atoms with E-state index in [1.807, 2.05) is 25.1 Å². The summed E-state index contributed by atoms with van der Waals surface area (Å²) in [5.74, 6) is -0.716. The highest BCUT2D eigenvalue weighted by atomic mass is 16.4. The van der Waals surface area contributed by atoms with Gasteiger partial charge in [-0.25, -0.2) is 9.78 Å². The normalized spacial score (nSPS) is 11.3. The number of oxazole rings is 1. The highest BCUT2D eigenvalue weighted by molar-refractivity contribution is 5.85. The third-order valence-electron chi connectivity index (χ3n) is 1.93. The van der Waals surface area contributed by atoms with Crippen molar-refractivity contribution in [3.63, 3.8) is 0 Å². The van der Waals surface area contributed by atoms with Crippen LogP contribution in [0.15, 0.2) is 28.7 Å². The predicted octanol–water partition coefficient (Wildman–Crippen LogP) is 2.23. The van der Waals surface area contributed by atoms with Gasteiger partial charge in [-0.05, 0) is 24.6 Å². The van der Waals surface area contributed by atoms with Crippen molar-refractivity contribution in [2.45, 2.75) is 6.92 Å². The van der Waals surface area contributed by atoms with Gasteiger partial charge >= 0.3 is 5.97 Å². The fourth-order valence-electron chi connectivity index (χ4n) is 1.27. The van der Waals surface area contributed by atoms with Crippen molar-refractivity contribution >= 4 is 23.1 Å². The summed E-state index contributed by atoms with van der Waals surface area (Å²) in [6.07, 6.45) is 2.33. The number of carboxylic acid groups (broad SMARTS) is 1. The van der Waals surface area contributed by atoms with Gasteiger partial charge in [0, 0.05) is 12.2 Å². The molecular formula is C11H9NO3. The van der Waals surface area contributed by atoms with Crippen LogP contribution in [0.5, 0.6) is 0 Å². The molecule has 1 N–H and O–H groups in total. The van der Waals surface area contributed by atoms with E-state index in [1.54, 1.807) is 0 Å². The van der Waals surface area contributed by atoms with E-state index in [0.29, 0.717) is 11.5 Å². The Labute approximate surface area is 85.9 Å². The van der Waals surface area contributed by atoms with Crippen LogP contribution in [-0.2, 0) is 4.79 Å². The number of hydrogen-bond donors (Lipinski definition) is 1. The third kappa shape index (κ3) is 2.04. The Kier molecular flexibility index (Phi) is 2.25. The van der Waals surface area contributed by atoms with Crippen molar-refractivity contribution in [3.05, 3.63) is 35.7 Å². The Hall–Kier alpha value is -2.10. The molecule has 2 aromatic rings. The van der Waals surface area contributed by atoms with Crippen molar-refractivity contribution in [3.8, 4) is 0 Å². The Bertz CT molecular complexity index is 540. The number of aliphatic carboxylic acids is 1. The minimum Gasteiger partial charge on any atom is -0.478 e. The third-order valence-corrected chi connectivity index (χ3v) is 1.93. The monoisotopic (exact) mass is 203 g/mol. The molecule has 0 aliphatic heterocycles. The Morgan fingerprint density at radius 3 is 3.07 bits per heavy atom. The molecule has 15 heavy (non-hydrogen) atoms. The second-order valence-electron chi connectivity index (χ2n) is 3.19. The molecule has 2 rings (SSSR count).